The van der Waals surface area contributed by atoms with Crippen molar-refractivity contribution in [2.75, 3.05) is 6.61 Å². The molecule has 0 spiro atoms. The number of carbonyl (C=O) groups excluding carboxylic acids is 1. The normalized spacial score (nSPS) is 23.6. The molecule has 21 heavy (non-hydrogen) atoms. The third kappa shape index (κ3) is 4.58. The zero-order chi connectivity index (χ0) is 15.4. The highest BCUT2D eigenvalue weighted by atomic mass is 35.5. The minimum atomic E-state index is -1.28. The molecule has 2 rings (SSSR count). The van der Waals surface area contributed by atoms with E-state index in [0.717, 1.165) is 25.7 Å². The molecule has 3 N–H and O–H groups in total. The fourth-order valence-electron chi connectivity index (χ4n) is 2.65. The molecule has 1 amide bonds. The van der Waals surface area contributed by atoms with E-state index in [-0.39, 0.29) is 12.6 Å². The van der Waals surface area contributed by atoms with Gasteiger partial charge in [0.15, 0.2) is 6.10 Å². The van der Waals surface area contributed by atoms with Crippen LogP contribution in [0.4, 0.5) is 0 Å². The van der Waals surface area contributed by atoms with Crippen molar-refractivity contribution in [3.8, 4) is 0 Å². The summed E-state index contributed by atoms with van der Waals surface area (Å²) >= 11 is 11.7. The smallest absolute Gasteiger partial charge is 0.253 e. The van der Waals surface area contributed by atoms with Crippen LogP contribution >= 0.6 is 23.2 Å². The van der Waals surface area contributed by atoms with Crippen LogP contribution < -0.4 is 5.32 Å². The first-order valence-electron chi connectivity index (χ1n) is 7.05. The van der Waals surface area contributed by atoms with Gasteiger partial charge >= 0.3 is 0 Å². The minimum Gasteiger partial charge on any atom is -0.396 e. The molecule has 1 unspecified atom stereocenters. The number of amides is 1. The predicted molar refractivity (Wildman–Crippen MR) is 82.4 cm³/mol. The molecular formula is C15H19Cl2NO3. The van der Waals surface area contributed by atoms with Gasteiger partial charge in [-0.05, 0) is 55.4 Å². The zero-order valence-electron chi connectivity index (χ0n) is 11.6. The molecule has 1 aromatic carbocycles. The average molecular weight is 332 g/mol. The predicted octanol–water partition coefficient (Wildman–Crippen LogP) is 2.69. The third-order valence-electron chi connectivity index (χ3n) is 3.90. The fraction of sp³-hybridized carbons (Fsp3) is 0.533. The molecule has 1 fully saturated rings. The van der Waals surface area contributed by atoms with Crippen molar-refractivity contribution in [1.29, 1.82) is 0 Å². The van der Waals surface area contributed by atoms with Crippen LogP contribution in [0.5, 0.6) is 0 Å². The Balaban J connectivity index is 1.93. The minimum absolute atomic E-state index is 0.0459. The van der Waals surface area contributed by atoms with Gasteiger partial charge in [-0.2, -0.15) is 0 Å². The number of hydrogen-bond donors (Lipinski definition) is 3. The Morgan fingerprint density at radius 3 is 2.29 bits per heavy atom. The molecule has 1 aromatic rings. The van der Waals surface area contributed by atoms with Crippen molar-refractivity contribution in [3.63, 3.8) is 0 Å². The lowest BCUT2D eigenvalue weighted by Gasteiger charge is -2.28. The molecule has 1 atom stereocenters. The summed E-state index contributed by atoms with van der Waals surface area (Å²) in [5.74, 6) is -0.115. The molecule has 0 aliphatic heterocycles. The Morgan fingerprint density at radius 1 is 1.19 bits per heavy atom. The van der Waals surface area contributed by atoms with E-state index in [4.69, 9.17) is 28.3 Å². The van der Waals surface area contributed by atoms with Crippen LogP contribution in [-0.4, -0.2) is 28.8 Å². The van der Waals surface area contributed by atoms with Crippen molar-refractivity contribution in [2.45, 2.75) is 37.8 Å². The number of hydrogen-bond acceptors (Lipinski definition) is 3. The Morgan fingerprint density at radius 2 is 1.76 bits per heavy atom. The van der Waals surface area contributed by atoms with Crippen molar-refractivity contribution >= 4 is 29.1 Å². The van der Waals surface area contributed by atoms with E-state index in [2.05, 4.69) is 5.32 Å². The Labute approximate surface area is 134 Å². The van der Waals surface area contributed by atoms with Gasteiger partial charge in [-0.25, -0.2) is 0 Å². The third-order valence-corrected chi connectivity index (χ3v) is 4.34. The van der Waals surface area contributed by atoms with E-state index < -0.39 is 12.0 Å². The lowest BCUT2D eigenvalue weighted by molar-refractivity contribution is -0.130. The second-order valence-corrected chi connectivity index (χ2v) is 6.39. The summed E-state index contributed by atoms with van der Waals surface area (Å²) in [6.07, 6.45) is 2.14. The lowest BCUT2D eigenvalue weighted by Crippen LogP contribution is -2.40. The maximum Gasteiger partial charge on any atom is 0.253 e. The van der Waals surface area contributed by atoms with Gasteiger partial charge in [0.2, 0.25) is 0 Å². The highest BCUT2D eigenvalue weighted by Gasteiger charge is 2.25. The molecular weight excluding hydrogens is 313 g/mol. The first-order chi connectivity index (χ1) is 9.99. The molecule has 0 aromatic heterocycles. The first kappa shape index (κ1) is 16.6. The Hall–Kier alpha value is -0.810. The molecule has 0 saturated heterocycles. The number of nitrogens with one attached hydrogen (secondary N) is 1. The van der Waals surface area contributed by atoms with Crippen LogP contribution in [0.3, 0.4) is 0 Å². The van der Waals surface area contributed by atoms with E-state index in [1.165, 1.54) is 12.1 Å². The molecule has 1 saturated carbocycles. The number of aliphatic hydroxyl groups is 2. The van der Waals surface area contributed by atoms with Crippen LogP contribution in [0.2, 0.25) is 10.0 Å². The van der Waals surface area contributed by atoms with Crippen molar-refractivity contribution in [1.82, 2.24) is 5.32 Å². The van der Waals surface area contributed by atoms with Gasteiger partial charge in [0, 0.05) is 22.7 Å². The molecule has 0 bridgehead atoms. The Kier molecular flexibility index (Phi) is 5.88. The Bertz CT molecular complexity index is 481. The number of benzene rings is 1. The quantitative estimate of drug-likeness (QED) is 0.794. The molecule has 0 heterocycles. The largest absolute Gasteiger partial charge is 0.396 e. The van der Waals surface area contributed by atoms with E-state index in [0.29, 0.717) is 21.5 Å². The maximum absolute atomic E-state index is 12.1. The summed E-state index contributed by atoms with van der Waals surface area (Å²) < 4.78 is 0. The molecule has 1 aliphatic rings. The van der Waals surface area contributed by atoms with Crippen LogP contribution in [0.15, 0.2) is 18.2 Å². The summed E-state index contributed by atoms with van der Waals surface area (Å²) in [5.41, 5.74) is 0.383. The van der Waals surface area contributed by atoms with Crippen LogP contribution in [0.25, 0.3) is 0 Å². The van der Waals surface area contributed by atoms with Crippen LogP contribution in [-0.2, 0) is 4.79 Å². The van der Waals surface area contributed by atoms with Crippen LogP contribution in [0.1, 0.15) is 37.4 Å². The number of halogens is 2. The van der Waals surface area contributed by atoms with Gasteiger partial charge in [0.25, 0.3) is 5.91 Å². The van der Waals surface area contributed by atoms with Gasteiger partial charge in [0.1, 0.15) is 0 Å². The van der Waals surface area contributed by atoms with E-state index >= 15 is 0 Å². The number of carbonyl (C=O) groups is 1. The van der Waals surface area contributed by atoms with Gasteiger partial charge in [0.05, 0.1) is 0 Å². The summed E-state index contributed by atoms with van der Waals surface area (Å²) in [6, 6.07) is 4.65. The molecule has 1 aliphatic carbocycles. The first-order valence-corrected chi connectivity index (χ1v) is 7.80. The van der Waals surface area contributed by atoms with Crippen LogP contribution in [0, 0.1) is 5.92 Å². The highest BCUT2D eigenvalue weighted by molar-refractivity contribution is 6.34. The number of aliphatic hydroxyl groups excluding tert-OH is 2. The van der Waals surface area contributed by atoms with E-state index in [1.54, 1.807) is 6.07 Å². The lowest BCUT2D eigenvalue weighted by atomic mass is 9.86. The standard InChI is InChI=1S/C15H19Cl2NO3/c16-11-5-10(6-12(17)7-11)14(20)15(21)18-13-3-1-9(8-19)2-4-13/h5-7,9,13-14,19-20H,1-4,8H2,(H,18,21). The molecule has 116 valence electrons. The van der Waals surface area contributed by atoms with Gasteiger partial charge in [-0.1, -0.05) is 23.2 Å². The van der Waals surface area contributed by atoms with Crippen molar-refractivity contribution in [3.05, 3.63) is 33.8 Å². The SMILES string of the molecule is O=C(NC1CCC(CO)CC1)C(O)c1cc(Cl)cc(Cl)c1. The topological polar surface area (TPSA) is 69.6 Å². The summed E-state index contributed by atoms with van der Waals surface area (Å²) in [7, 11) is 0. The van der Waals surface area contributed by atoms with E-state index in [1.807, 2.05) is 0 Å². The highest BCUT2D eigenvalue weighted by Crippen LogP contribution is 2.26. The molecule has 4 nitrogen and oxygen atoms in total. The monoisotopic (exact) mass is 331 g/mol. The van der Waals surface area contributed by atoms with Gasteiger partial charge in [-0.15, -0.1) is 0 Å². The maximum atomic E-state index is 12.1. The summed E-state index contributed by atoms with van der Waals surface area (Å²) in [5, 5.41) is 22.8. The molecule has 6 heteroatoms. The summed E-state index contributed by atoms with van der Waals surface area (Å²) in [4.78, 5) is 12.1. The van der Waals surface area contributed by atoms with E-state index in [9.17, 15) is 9.90 Å². The zero-order valence-corrected chi connectivity index (χ0v) is 13.1. The van der Waals surface area contributed by atoms with Gasteiger partial charge in [-0.3, -0.25) is 4.79 Å². The second-order valence-electron chi connectivity index (χ2n) is 5.51. The molecule has 0 radical (unpaired) electrons. The summed E-state index contributed by atoms with van der Waals surface area (Å²) in [6.45, 7) is 0.199. The fourth-order valence-corrected chi connectivity index (χ4v) is 3.20. The number of rotatable bonds is 4. The van der Waals surface area contributed by atoms with Crippen molar-refractivity contribution < 1.29 is 15.0 Å². The second kappa shape index (κ2) is 7.45. The van der Waals surface area contributed by atoms with Gasteiger partial charge < -0.3 is 15.5 Å². The average Bonchev–Trinajstić information content (AvgIpc) is 2.46. The van der Waals surface area contributed by atoms with Crippen molar-refractivity contribution in [2.24, 2.45) is 5.92 Å².